The van der Waals surface area contributed by atoms with Crippen LogP contribution in [0.5, 0.6) is 5.75 Å². The predicted molar refractivity (Wildman–Crippen MR) is 123 cm³/mol. The first-order valence-electron chi connectivity index (χ1n) is 11.1. The second-order valence-electron chi connectivity index (χ2n) is 8.77. The van der Waals surface area contributed by atoms with Gasteiger partial charge in [-0.15, -0.1) is 11.3 Å². The molecule has 1 saturated heterocycles. The van der Waals surface area contributed by atoms with Gasteiger partial charge in [-0.3, -0.25) is 0 Å². The van der Waals surface area contributed by atoms with Crippen molar-refractivity contribution >= 4 is 21.6 Å². The zero-order chi connectivity index (χ0) is 25.6. The van der Waals surface area contributed by atoms with Gasteiger partial charge in [-0.05, 0) is 66.3 Å². The number of alkyl halides is 2. The Morgan fingerprint density at radius 1 is 0.944 bits per heavy atom. The van der Waals surface area contributed by atoms with Gasteiger partial charge in [-0.25, -0.2) is 22.5 Å². The van der Waals surface area contributed by atoms with Crippen molar-refractivity contribution in [3.63, 3.8) is 0 Å². The fourth-order valence-electron chi connectivity index (χ4n) is 4.11. The number of fused-ring (bicyclic) bond motifs is 1. The number of halogens is 6. The van der Waals surface area contributed by atoms with Crippen LogP contribution in [0.25, 0.3) is 21.3 Å². The third kappa shape index (κ3) is 4.79. The largest absolute Gasteiger partial charge is 0.454 e. The SMILES string of the molecule is CC1CCC(c2ccc3nc(C(F)(F)Oc4ccc(-c5cc(F)c(F)c(F)c5)c(F)c4)sc3c2)OC1. The van der Waals surface area contributed by atoms with Crippen molar-refractivity contribution in [2.75, 3.05) is 6.61 Å². The molecule has 1 aromatic heterocycles. The summed E-state index contributed by atoms with van der Waals surface area (Å²) in [6.45, 7) is 2.75. The molecule has 4 aromatic rings. The van der Waals surface area contributed by atoms with Crippen LogP contribution < -0.4 is 4.74 Å². The van der Waals surface area contributed by atoms with E-state index >= 15 is 0 Å². The van der Waals surface area contributed by atoms with E-state index in [2.05, 4.69) is 11.9 Å². The molecule has 0 saturated carbocycles. The Kier molecular flexibility index (Phi) is 6.42. The zero-order valence-corrected chi connectivity index (χ0v) is 19.7. The molecular formula is C26H19F6NO2S. The normalized spacial score (nSPS) is 18.5. The molecule has 0 bridgehead atoms. The Hall–Kier alpha value is -3.11. The summed E-state index contributed by atoms with van der Waals surface area (Å²) in [6, 6.07) is 9.16. The fraction of sp³-hybridized carbons (Fsp3) is 0.269. The van der Waals surface area contributed by atoms with Crippen molar-refractivity contribution in [1.82, 2.24) is 4.98 Å². The summed E-state index contributed by atoms with van der Waals surface area (Å²) < 4.78 is 95.8. The number of benzene rings is 3. The number of nitrogens with zero attached hydrogens (tertiary/aromatic N) is 1. The van der Waals surface area contributed by atoms with E-state index in [1.54, 1.807) is 18.2 Å². The van der Waals surface area contributed by atoms with Crippen molar-refractivity contribution in [2.24, 2.45) is 5.92 Å². The van der Waals surface area contributed by atoms with Gasteiger partial charge in [0.15, 0.2) is 17.5 Å². The van der Waals surface area contributed by atoms with Crippen molar-refractivity contribution in [1.29, 1.82) is 0 Å². The molecule has 1 aliphatic rings. The van der Waals surface area contributed by atoms with Crippen LogP contribution in [-0.2, 0) is 10.8 Å². The van der Waals surface area contributed by atoms with Gasteiger partial charge in [-0.2, -0.15) is 8.78 Å². The average molecular weight is 523 g/mol. The summed E-state index contributed by atoms with van der Waals surface area (Å²) in [5.41, 5.74) is 0.657. The lowest BCUT2D eigenvalue weighted by atomic mass is 9.96. The van der Waals surface area contributed by atoms with Crippen LogP contribution in [0.1, 0.15) is 36.4 Å². The maximum atomic E-state index is 14.9. The minimum absolute atomic E-state index is 0.0996. The first kappa shape index (κ1) is 24.6. The third-order valence-electron chi connectivity index (χ3n) is 6.02. The number of aromatic nitrogens is 1. The first-order chi connectivity index (χ1) is 17.1. The van der Waals surface area contributed by atoms with Gasteiger partial charge in [0.05, 0.1) is 16.3 Å². The van der Waals surface area contributed by atoms with Crippen LogP contribution in [0.3, 0.4) is 0 Å². The smallest absolute Gasteiger partial charge is 0.427 e. The molecule has 36 heavy (non-hydrogen) atoms. The van der Waals surface area contributed by atoms with E-state index < -0.39 is 40.1 Å². The standard InChI is InChI=1S/C26H19F6NO2S/c1-13-2-7-22(34-12-13)14-3-6-21-23(10-14)36-25(33-21)26(31,32)35-16-4-5-17(18(27)11-16)15-8-19(28)24(30)20(29)9-15/h3-6,8-11,13,22H,2,7,12H2,1H3. The minimum atomic E-state index is -3.87. The van der Waals surface area contributed by atoms with Crippen molar-refractivity contribution in [3.05, 3.63) is 82.4 Å². The van der Waals surface area contributed by atoms with Crippen molar-refractivity contribution in [2.45, 2.75) is 32.0 Å². The highest BCUT2D eigenvalue weighted by molar-refractivity contribution is 7.18. The van der Waals surface area contributed by atoms with Gasteiger partial charge >= 0.3 is 6.11 Å². The molecule has 10 heteroatoms. The average Bonchev–Trinajstić information content (AvgIpc) is 3.27. The molecule has 3 aromatic carbocycles. The molecule has 5 rings (SSSR count). The monoisotopic (exact) mass is 523 g/mol. The molecule has 188 valence electrons. The van der Waals surface area contributed by atoms with Crippen molar-refractivity contribution < 1.29 is 35.8 Å². The molecule has 1 aliphatic heterocycles. The van der Waals surface area contributed by atoms with Gasteiger partial charge in [0.1, 0.15) is 11.6 Å². The van der Waals surface area contributed by atoms with Gasteiger partial charge in [0, 0.05) is 18.2 Å². The molecule has 0 N–H and O–H groups in total. The summed E-state index contributed by atoms with van der Waals surface area (Å²) >= 11 is 0.757. The second kappa shape index (κ2) is 9.40. The van der Waals surface area contributed by atoms with E-state index in [4.69, 9.17) is 9.47 Å². The number of rotatable bonds is 5. The van der Waals surface area contributed by atoms with E-state index in [0.29, 0.717) is 40.9 Å². The van der Waals surface area contributed by atoms with Crippen LogP contribution in [0, 0.1) is 29.2 Å². The predicted octanol–water partition coefficient (Wildman–Crippen LogP) is 8.14. The van der Waals surface area contributed by atoms with E-state index in [0.717, 1.165) is 41.9 Å². The lowest BCUT2D eigenvalue weighted by molar-refractivity contribution is -0.185. The molecule has 2 unspecified atom stereocenters. The highest BCUT2D eigenvalue weighted by Gasteiger charge is 2.39. The second-order valence-corrected chi connectivity index (χ2v) is 9.80. The summed E-state index contributed by atoms with van der Waals surface area (Å²) in [5, 5.41) is -0.611. The Morgan fingerprint density at radius 3 is 2.36 bits per heavy atom. The van der Waals surface area contributed by atoms with E-state index in [9.17, 15) is 26.3 Å². The molecule has 2 heterocycles. The first-order valence-corrected chi connectivity index (χ1v) is 12.0. The number of ether oxygens (including phenoxy) is 2. The molecule has 0 radical (unpaired) electrons. The number of hydrogen-bond donors (Lipinski definition) is 0. The molecule has 0 amide bonds. The number of thiazole rings is 1. The lowest BCUT2D eigenvalue weighted by Gasteiger charge is -2.27. The topological polar surface area (TPSA) is 31.4 Å². The Balaban J connectivity index is 1.37. The summed E-state index contributed by atoms with van der Waals surface area (Å²) in [6.07, 6.45) is -2.11. The molecule has 1 fully saturated rings. The molecular weight excluding hydrogens is 504 g/mol. The molecule has 0 spiro atoms. The fourth-order valence-corrected chi connectivity index (χ4v) is 5.03. The van der Waals surface area contributed by atoms with Gasteiger partial charge in [0.2, 0.25) is 5.01 Å². The van der Waals surface area contributed by atoms with Crippen LogP contribution in [0.4, 0.5) is 26.3 Å². The number of hydrogen-bond acceptors (Lipinski definition) is 4. The third-order valence-corrected chi connectivity index (χ3v) is 7.09. The summed E-state index contributed by atoms with van der Waals surface area (Å²) in [5.74, 6) is -5.81. The minimum Gasteiger partial charge on any atom is -0.427 e. The van der Waals surface area contributed by atoms with Gasteiger partial charge < -0.3 is 9.47 Å². The van der Waals surface area contributed by atoms with Crippen LogP contribution in [0.15, 0.2) is 48.5 Å². The summed E-state index contributed by atoms with van der Waals surface area (Å²) in [7, 11) is 0. The summed E-state index contributed by atoms with van der Waals surface area (Å²) in [4.78, 5) is 3.98. The van der Waals surface area contributed by atoms with Gasteiger partial charge in [0.25, 0.3) is 0 Å². The Morgan fingerprint density at radius 2 is 1.69 bits per heavy atom. The Labute approximate surface area is 206 Å². The Bertz CT molecular complexity index is 1410. The zero-order valence-electron chi connectivity index (χ0n) is 18.8. The maximum Gasteiger partial charge on any atom is 0.454 e. The quantitative estimate of drug-likeness (QED) is 0.196. The lowest BCUT2D eigenvalue weighted by Crippen LogP contribution is -2.21. The molecule has 0 aliphatic carbocycles. The molecule has 2 atom stereocenters. The van der Waals surface area contributed by atoms with Gasteiger partial charge in [-0.1, -0.05) is 13.0 Å². The van der Waals surface area contributed by atoms with Crippen LogP contribution in [-0.4, -0.2) is 11.6 Å². The van der Waals surface area contributed by atoms with E-state index in [-0.39, 0.29) is 17.2 Å². The van der Waals surface area contributed by atoms with Crippen LogP contribution in [0.2, 0.25) is 0 Å². The van der Waals surface area contributed by atoms with Crippen LogP contribution >= 0.6 is 11.3 Å². The van der Waals surface area contributed by atoms with E-state index in [1.807, 2.05) is 0 Å². The van der Waals surface area contributed by atoms with E-state index in [1.165, 1.54) is 0 Å². The maximum absolute atomic E-state index is 14.9. The highest BCUT2D eigenvalue weighted by Crippen LogP contribution is 2.39. The molecule has 3 nitrogen and oxygen atoms in total. The van der Waals surface area contributed by atoms with Crippen molar-refractivity contribution in [3.8, 4) is 16.9 Å². The highest BCUT2D eigenvalue weighted by atomic mass is 32.1.